The monoisotopic (exact) mass is 308 g/mol. The number of anilines is 2. The number of rotatable bonds is 5. The van der Waals surface area contributed by atoms with E-state index in [0.29, 0.717) is 6.04 Å². The smallest absolute Gasteiger partial charge is 0.138 e. The van der Waals surface area contributed by atoms with E-state index >= 15 is 0 Å². The van der Waals surface area contributed by atoms with Gasteiger partial charge in [-0.2, -0.15) is 11.8 Å². The van der Waals surface area contributed by atoms with E-state index in [4.69, 9.17) is 4.98 Å². The molecule has 5 heteroatoms. The van der Waals surface area contributed by atoms with Gasteiger partial charge < -0.3 is 10.6 Å². The largest absolute Gasteiger partial charge is 0.370 e. The van der Waals surface area contributed by atoms with Gasteiger partial charge in [0.25, 0.3) is 0 Å². The summed E-state index contributed by atoms with van der Waals surface area (Å²) in [6.07, 6.45) is 5.97. The highest BCUT2D eigenvalue weighted by atomic mass is 32.2. The average Bonchev–Trinajstić information content (AvgIpc) is 2.85. The Bertz CT molecular complexity index is 470. The maximum atomic E-state index is 4.73. The first-order valence-corrected chi connectivity index (χ1v) is 9.14. The van der Waals surface area contributed by atoms with Crippen LogP contribution in [0.1, 0.15) is 52.8 Å². The molecular formula is C16H28N4S. The maximum Gasteiger partial charge on any atom is 0.138 e. The number of nitrogens with zero attached hydrogens (tertiary/aromatic N) is 2. The average molecular weight is 308 g/mol. The van der Waals surface area contributed by atoms with E-state index in [0.717, 1.165) is 29.3 Å². The molecule has 0 aliphatic heterocycles. The van der Waals surface area contributed by atoms with E-state index in [1.54, 1.807) is 0 Å². The van der Waals surface area contributed by atoms with Crippen LogP contribution in [0.2, 0.25) is 0 Å². The van der Waals surface area contributed by atoms with E-state index < -0.39 is 0 Å². The fourth-order valence-electron chi connectivity index (χ4n) is 2.62. The summed E-state index contributed by atoms with van der Waals surface area (Å²) >= 11 is 1.98. The molecule has 0 spiro atoms. The van der Waals surface area contributed by atoms with Crippen molar-refractivity contribution in [3.63, 3.8) is 0 Å². The molecule has 118 valence electrons. The highest BCUT2D eigenvalue weighted by Crippen LogP contribution is 2.30. The summed E-state index contributed by atoms with van der Waals surface area (Å²) < 4.78 is 0. The topological polar surface area (TPSA) is 49.8 Å². The molecule has 0 bridgehead atoms. The standard InChI is InChI=1S/C16H28N4S/c1-6-17-13-10-14(20-15(19-13)16(2,3)4)18-11-7-8-12(9-11)21-5/h10-12H,6-9H2,1-5H3,(H2,17,18,19,20). The quantitative estimate of drug-likeness (QED) is 0.864. The second-order valence-corrected chi connectivity index (χ2v) is 7.89. The van der Waals surface area contributed by atoms with Crippen LogP contribution in [0.25, 0.3) is 0 Å². The first kappa shape index (κ1) is 16.4. The van der Waals surface area contributed by atoms with Crippen molar-refractivity contribution >= 4 is 23.4 Å². The third-order valence-electron chi connectivity index (χ3n) is 3.82. The first-order chi connectivity index (χ1) is 9.92. The zero-order chi connectivity index (χ0) is 15.5. The fourth-order valence-corrected chi connectivity index (χ4v) is 3.42. The van der Waals surface area contributed by atoms with Gasteiger partial charge in [0.05, 0.1) is 0 Å². The predicted octanol–water partition coefficient (Wildman–Crippen LogP) is 3.90. The molecule has 1 aromatic heterocycles. The van der Waals surface area contributed by atoms with E-state index in [1.165, 1.54) is 19.3 Å². The normalized spacial score (nSPS) is 22.3. The van der Waals surface area contributed by atoms with E-state index in [-0.39, 0.29) is 5.41 Å². The molecule has 2 atom stereocenters. The summed E-state index contributed by atoms with van der Waals surface area (Å²) in [5.41, 5.74) is -0.0423. The predicted molar refractivity (Wildman–Crippen MR) is 93.5 cm³/mol. The Morgan fingerprint density at radius 1 is 1.24 bits per heavy atom. The minimum atomic E-state index is -0.0423. The molecule has 1 aliphatic rings. The second-order valence-electron chi connectivity index (χ2n) is 6.75. The van der Waals surface area contributed by atoms with Crippen molar-refractivity contribution < 1.29 is 0 Å². The van der Waals surface area contributed by atoms with Crippen LogP contribution < -0.4 is 10.6 Å². The van der Waals surface area contributed by atoms with Gasteiger partial charge in [-0.05, 0) is 32.4 Å². The van der Waals surface area contributed by atoms with E-state index in [9.17, 15) is 0 Å². The molecule has 1 heterocycles. The van der Waals surface area contributed by atoms with Gasteiger partial charge in [-0.1, -0.05) is 20.8 Å². The van der Waals surface area contributed by atoms with Crippen molar-refractivity contribution in [3.05, 3.63) is 11.9 Å². The lowest BCUT2D eigenvalue weighted by Crippen LogP contribution is -2.21. The van der Waals surface area contributed by atoms with Crippen LogP contribution in [0.5, 0.6) is 0 Å². The van der Waals surface area contributed by atoms with Crippen LogP contribution in [-0.2, 0) is 5.41 Å². The first-order valence-electron chi connectivity index (χ1n) is 7.85. The van der Waals surface area contributed by atoms with Gasteiger partial charge in [0.15, 0.2) is 0 Å². The van der Waals surface area contributed by atoms with Crippen LogP contribution in [0, 0.1) is 0 Å². The summed E-state index contributed by atoms with van der Waals surface area (Å²) in [5.74, 6) is 2.76. The Labute approximate surface area is 132 Å². The molecular weight excluding hydrogens is 280 g/mol. The van der Waals surface area contributed by atoms with Crippen molar-refractivity contribution in [3.8, 4) is 0 Å². The lowest BCUT2D eigenvalue weighted by molar-refractivity contribution is 0.546. The summed E-state index contributed by atoms with van der Waals surface area (Å²) in [4.78, 5) is 9.37. The lowest BCUT2D eigenvalue weighted by Gasteiger charge is -2.21. The minimum Gasteiger partial charge on any atom is -0.370 e. The lowest BCUT2D eigenvalue weighted by atomic mass is 9.96. The van der Waals surface area contributed by atoms with Crippen LogP contribution in [0.3, 0.4) is 0 Å². The number of nitrogens with one attached hydrogen (secondary N) is 2. The summed E-state index contributed by atoms with van der Waals surface area (Å²) in [5, 5.41) is 7.71. The summed E-state index contributed by atoms with van der Waals surface area (Å²) in [6.45, 7) is 9.42. The molecule has 21 heavy (non-hydrogen) atoms. The Morgan fingerprint density at radius 2 is 1.95 bits per heavy atom. The Kier molecular flexibility index (Phi) is 5.36. The number of thioether (sulfide) groups is 1. The molecule has 1 fully saturated rings. The Balaban J connectivity index is 2.16. The maximum absolute atomic E-state index is 4.73. The Hall–Kier alpha value is -0.970. The molecule has 0 aromatic carbocycles. The third-order valence-corrected chi connectivity index (χ3v) is 4.92. The fraction of sp³-hybridized carbons (Fsp3) is 0.750. The van der Waals surface area contributed by atoms with Gasteiger partial charge in [0.1, 0.15) is 17.5 Å². The highest BCUT2D eigenvalue weighted by molar-refractivity contribution is 7.99. The van der Waals surface area contributed by atoms with Gasteiger partial charge in [0, 0.05) is 29.3 Å². The minimum absolute atomic E-state index is 0.0423. The molecule has 2 N–H and O–H groups in total. The molecule has 1 aliphatic carbocycles. The van der Waals surface area contributed by atoms with Gasteiger partial charge in [-0.3, -0.25) is 0 Å². The molecule has 0 amide bonds. The molecule has 0 radical (unpaired) electrons. The third kappa shape index (κ3) is 4.50. The highest BCUT2D eigenvalue weighted by Gasteiger charge is 2.25. The molecule has 2 unspecified atom stereocenters. The number of hydrogen-bond acceptors (Lipinski definition) is 5. The van der Waals surface area contributed by atoms with Crippen molar-refractivity contribution in [1.82, 2.24) is 9.97 Å². The van der Waals surface area contributed by atoms with Crippen LogP contribution in [0.4, 0.5) is 11.6 Å². The van der Waals surface area contributed by atoms with Crippen LogP contribution >= 0.6 is 11.8 Å². The molecule has 1 saturated carbocycles. The molecule has 2 rings (SSSR count). The van der Waals surface area contributed by atoms with Gasteiger partial charge in [0.2, 0.25) is 0 Å². The van der Waals surface area contributed by atoms with Gasteiger partial charge in [-0.15, -0.1) is 0 Å². The zero-order valence-electron chi connectivity index (χ0n) is 13.9. The molecule has 4 nitrogen and oxygen atoms in total. The van der Waals surface area contributed by atoms with Gasteiger partial charge >= 0.3 is 0 Å². The van der Waals surface area contributed by atoms with Crippen molar-refractivity contribution in [2.45, 2.75) is 63.7 Å². The number of aromatic nitrogens is 2. The van der Waals surface area contributed by atoms with Crippen molar-refractivity contribution in [2.75, 3.05) is 23.4 Å². The second kappa shape index (κ2) is 6.86. The molecule has 1 aromatic rings. The van der Waals surface area contributed by atoms with Crippen molar-refractivity contribution in [1.29, 1.82) is 0 Å². The van der Waals surface area contributed by atoms with E-state index in [2.05, 4.69) is 49.6 Å². The Morgan fingerprint density at radius 3 is 2.52 bits per heavy atom. The number of hydrogen-bond donors (Lipinski definition) is 2. The summed E-state index contributed by atoms with van der Waals surface area (Å²) in [7, 11) is 0. The zero-order valence-corrected chi connectivity index (χ0v) is 14.7. The molecule has 0 saturated heterocycles. The van der Waals surface area contributed by atoms with Crippen LogP contribution in [-0.4, -0.2) is 34.1 Å². The van der Waals surface area contributed by atoms with Crippen molar-refractivity contribution in [2.24, 2.45) is 0 Å². The van der Waals surface area contributed by atoms with E-state index in [1.807, 2.05) is 17.8 Å². The SMILES string of the molecule is CCNc1cc(NC2CCC(SC)C2)nc(C(C)(C)C)n1. The van der Waals surface area contributed by atoms with Crippen LogP contribution in [0.15, 0.2) is 6.07 Å². The van der Waals surface area contributed by atoms with Gasteiger partial charge in [-0.25, -0.2) is 9.97 Å². The summed E-state index contributed by atoms with van der Waals surface area (Å²) in [6, 6.07) is 2.57.